The van der Waals surface area contributed by atoms with Gasteiger partial charge in [-0.3, -0.25) is 9.59 Å². The van der Waals surface area contributed by atoms with Crippen LogP contribution in [0, 0.1) is 21.7 Å². The average molecular weight is 687 g/mol. The zero-order valence-corrected chi connectivity index (χ0v) is 32.9. The summed E-state index contributed by atoms with van der Waals surface area (Å²) in [6.07, 6.45) is 7.81. The van der Waals surface area contributed by atoms with Crippen LogP contribution < -0.4 is 4.74 Å². The number of ketones is 2. The van der Waals surface area contributed by atoms with E-state index in [1.165, 1.54) is 0 Å². The minimum Gasteiger partial charge on any atom is -0.457 e. The van der Waals surface area contributed by atoms with Crippen molar-refractivity contribution in [3.63, 3.8) is 0 Å². The Morgan fingerprint density at radius 1 is 0.451 bits per heavy atom. The Balaban J connectivity index is 1.47. The van der Waals surface area contributed by atoms with Gasteiger partial charge in [0.1, 0.15) is 11.5 Å². The monoisotopic (exact) mass is 686 g/mol. The number of azo groups is 2. The molecule has 2 aromatic carbocycles. The number of benzene rings is 2. The molecule has 0 amide bonds. The van der Waals surface area contributed by atoms with E-state index in [-0.39, 0.29) is 33.2 Å². The van der Waals surface area contributed by atoms with Crippen LogP contribution in [0.2, 0.25) is 0 Å². The van der Waals surface area contributed by atoms with Gasteiger partial charge in [-0.2, -0.15) is 20.5 Å². The highest BCUT2D eigenvalue weighted by molar-refractivity contribution is 6.12. The van der Waals surface area contributed by atoms with Crippen LogP contribution in [-0.2, 0) is 9.59 Å². The molecule has 0 saturated carbocycles. The highest BCUT2D eigenvalue weighted by atomic mass is 16.5. The number of nitrogens with zero attached hydrogens (tertiary/aromatic N) is 4. The van der Waals surface area contributed by atoms with E-state index in [4.69, 9.17) is 4.74 Å². The first kappa shape index (κ1) is 39.0. The number of hydrogen-bond donors (Lipinski definition) is 0. The van der Waals surface area contributed by atoms with Crippen LogP contribution in [0.5, 0.6) is 11.5 Å². The Morgan fingerprint density at radius 2 is 0.706 bits per heavy atom. The number of hydrogen-bond acceptors (Lipinski definition) is 7. The lowest BCUT2D eigenvalue weighted by Gasteiger charge is -2.31. The standard InChI is InChI=1S/C44H54N4O3/c1-27(29-23-35(41(3,4)5)39(49)36(24-29)42(6,7)8)45-47-31-15-19-33(20-16-31)51-34-21-17-32(18-22-34)48-46-28(2)30-25-37(43(9,10)11)40(50)38(26-30)44(12,13)14/h15-26H,1-14H3. The zero-order valence-electron chi connectivity index (χ0n) is 32.9. The van der Waals surface area contributed by atoms with Crippen LogP contribution in [0.3, 0.4) is 0 Å². The number of rotatable bonds is 6. The molecule has 0 heterocycles. The molecule has 268 valence electrons. The minimum absolute atomic E-state index is 0.0971. The second-order valence-electron chi connectivity index (χ2n) is 17.5. The quantitative estimate of drug-likeness (QED) is 0.283. The fourth-order valence-corrected chi connectivity index (χ4v) is 5.58. The van der Waals surface area contributed by atoms with Crippen molar-refractivity contribution in [3.8, 4) is 11.5 Å². The zero-order chi connectivity index (χ0) is 38.1. The van der Waals surface area contributed by atoms with Gasteiger partial charge in [0.25, 0.3) is 0 Å². The molecule has 0 aromatic heterocycles. The Kier molecular flexibility index (Phi) is 11.1. The van der Waals surface area contributed by atoms with E-state index in [1.54, 1.807) is 0 Å². The van der Waals surface area contributed by atoms with Gasteiger partial charge < -0.3 is 4.74 Å². The van der Waals surface area contributed by atoms with Crippen molar-refractivity contribution in [3.05, 3.63) is 118 Å². The molecule has 7 nitrogen and oxygen atoms in total. The molecule has 0 unspecified atom stereocenters. The lowest BCUT2D eigenvalue weighted by atomic mass is 9.72. The van der Waals surface area contributed by atoms with E-state index in [9.17, 15) is 9.59 Å². The van der Waals surface area contributed by atoms with Gasteiger partial charge in [-0.1, -0.05) is 83.1 Å². The van der Waals surface area contributed by atoms with Gasteiger partial charge in [-0.05, 0) is 119 Å². The number of carbonyl (C=O) groups is 2. The van der Waals surface area contributed by atoms with Gasteiger partial charge in [0, 0.05) is 22.3 Å². The summed E-state index contributed by atoms with van der Waals surface area (Å²) in [7, 11) is 0. The van der Waals surface area contributed by atoms with E-state index < -0.39 is 0 Å². The summed E-state index contributed by atoms with van der Waals surface area (Å²) in [5, 5.41) is 17.9. The third-order valence-corrected chi connectivity index (χ3v) is 8.79. The van der Waals surface area contributed by atoms with E-state index in [0.717, 1.165) is 44.8 Å². The van der Waals surface area contributed by atoms with Crippen molar-refractivity contribution in [1.82, 2.24) is 0 Å². The Hall–Kier alpha value is -4.78. The first-order valence-electron chi connectivity index (χ1n) is 17.6. The van der Waals surface area contributed by atoms with E-state index in [1.807, 2.05) is 86.7 Å². The first-order chi connectivity index (χ1) is 23.4. The average Bonchev–Trinajstić information content (AvgIpc) is 3.01. The molecule has 0 saturated heterocycles. The first-order valence-corrected chi connectivity index (χ1v) is 17.6. The van der Waals surface area contributed by atoms with Crippen molar-refractivity contribution in [2.24, 2.45) is 42.1 Å². The van der Waals surface area contributed by atoms with Crippen molar-refractivity contribution in [1.29, 1.82) is 0 Å². The molecule has 0 atom stereocenters. The van der Waals surface area contributed by atoms with E-state index in [0.29, 0.717) is 22.9 Å². The van der Waals surface area contributed by atoms with Crippen LogP contribution in [-0.4, -0.2) is 11.6 Å². The van der Waals surface area contributed by atoms with Gasteiger partial charge in [-0.15, -0.1) is 0 Å². The maximum Gasteiger partial charge on any atom is 0.186 e. The molecule has 0 N–H and O–H groups in total. The summed E-state index contributed by atoms with van der Waals surface area (Å²) in [6, 6.07) is 14.8. The van der Waals surface area contributed by atoms with Gasteiger partial charge >= 0.3 is 0 Å². The lowest BCUT2D eigenvalue weighted by Crippen LogP contribution is -2.28. The second-order valence-corrected chi connectivity index (χ2v) is 17.5. The third-order valence-electron chi connectivity index (χ3n) is 8.79. The summed E-state index contributed by atoms with van der Waals surface area (Å²) in [5.41, 5.74) is 6.60. The van der Waals surface area contributed by atoms with Crippen molar-refractivity contribution in [2.75, 3.05) is 0 Å². The summed E-state index contributed by atoms with van der Waals surface area (Å²) in [4.78, 5) is 26.6. The molecular weight excluding hydrogens is 633 g/mol. The third kappa shape index (κ3) is 9.72. The highest BCUT2D eigenvalue weighted by Gasteiger charge is 2.35. The highest BCUT2D eigenvalue weighted by Crippen LogP contribution is 2.41. The molecular formula is C44H54N4O3. The van der Waals surface area contributed by atoms with Crippen molar-refractivity contribution in [2.45, 2.75) is 96.9 Å². The minimum atomic E-state index is -0.289. The molecule has 2 aliphatic rings. The smallest absolute Gasteiger partial charge is 0.186 e. The normalized spacial score (nSPS) is 16.4. The molecule has 7 heteroatoms. The van der Waals surface area contributed by atoms with E-state index in [2.05, 4.69) is 104 Å². The fraction of sp³-hybridized carbons (Fsp3) is 0.409. The second kappa shape index (κ2) is 14.5. The number of Topliss-reactive ketones (excluding diaryl/α,β-unsaturated/α-hetero) is 2. The topological polar surface area (TPSA) is 92.8 Å². The van der Waals surface area contributed by atoms with Crippen LogP contribution >= 0.6 is 0 Å². The summed E-state index contributed by atoms with van der Waals surface area (Å²) in [5.74, 6) is 1.52. The molecule has 51 heavy (non-hydrogen) atoms. The molecule has 2 aliphatic carbocycles. The van der Waals surface area contributed by atoms with Crippen molar-refractivity contribution >= 4 is 22.9 Å². The number of carbonyl (C=O) groups excluding carboxylic acids is 2. The number of ether oxygens (including phenoxy) is 1. The van der Waals surface area contributed by atoms with E-state index >= 15 is 0 Å². The maximum absolute atomic E-state index is 13.3. The van der Waals surface area contributed by atoms with Crippen molar-refractivity contribution < 1.29 is 14.3 Å². The van der Waals surface area contributed by atoms with Gasteiger partial charge in [-0.25, -0.2) is 0 Å². The molecule has 0 fully saturated rings. The van der Waals surface area contributed by atoms with Gasteiger partial charge in [0.05, 0.1) is 22.8 Å². The Bertz CT molecular complexity index is 1730. The van der Waals surface area contributed by atoms with Gasteiger partial charge in [0.15, 0.2) is 11.6 Å². The van der Waals surface area contributed by atoms with Crippen LogP contribution in [0.1, 0.15) is 96.9 Å². The van der Waals surface area contributed by atoms with Gasteiger partial charge in [0.2, 0.25) is 0 Å². The van der Waals surface area contributed by atoms with Crippen LogP contribution in [0.15, 0.2) is 138 Å². The molecule has 0 aliphatic heterocycles. The Labute approximate surface area is 304 Å². The fourth-order valence-electron chi connectivity index (χ4n) is 5.58. The largest absolute Gasteiger partial charge is 0.457 e. The molecule has 0 bridgehead atoms. The SMILES string of the molecule is CC(N=Nc1ccc(Oc2ccc(N=NC(C)=C3C=C(C(C)(C)C)C(=O)C(C(C)(C)C)=C3)cc2)cc1)=C1C=C(C(C)(C)C)C(=O)C(C(C)(C)C)=C1. The predicted molar refractivity (Wildman–Crippen MR) is 208 cm³/mol. The van der Waals surface area contributed by atoms with Crippen LogP contribution in [0.25, 0.3) is 0 Å². The molecule has 0 spiro atoms. The maximum atomic E-state index is 13.3. The summed E-state index contributed by atoms with van der Waals surface area (Å²) < 4.78 is 6.07. The molecule has 0 radical (unpaired) electrons. The molecule has 2 aromatic rings. The van der Waals surface area contributed by atoms with Crippen LogP contribution in [0.4, 0.5) is 11.4 Å². The lowest BCUT2D eigenvalue weighted by molar-refractivity contribution is -0.114. The Morgan fingerprint density at radius 3 is 0.941 bits per heavy atom. The summed E-state index contributed by atoms with van der Waals surface area (Å²) >= 11 is 0. The predicted octanol–water partition coefficient (Wildman–Crippen LogP) is 13.2. The number of allylic oxidation sites excluding steroid dienone is 12. The summed E-state index contributed by atoms with van der Waals surface area (Å²) in [6.45, 7) is 28.5. The molecule has 4 rings (SSSR count).